The number of phenolic OH excluding ortho intramolecular Hbond substituents is 1. The lowest BCUT2D eigenvalue weighted by atomic mass is 10.1. The van der Waals surface area contributed by atoms with Crippen molar-refractivity contribution in [1.29, 1.82) is 0 Å². The van der Waals surface area contributed by atoms with Crippen molar-refractivity contribution < 1.29 is 14.6 Å². The van der Waals surface area contributed by atoms with Gasteiger partial charge in [-0.2, -0.15) is 0 Å². The van der Waals surface area contributed by atoms with Crippen molar-refractivity contribution in [3.05, 3.63) is 42.0 Å². The Morgan fingerprint density at radius 3 is 2.52 bits per heavy atom. The van der Waals surface area contributed by atoms with Gasteiger partial charge in [0.05, 0.1) is 18.8 Å². The molecular formula is C17H21ClN2O3. The average Bonchev–Trinajstić information content (AvgIpc) is 2.55. The molecule has 0 spiro atoms. The molecule has 0 atom stereocenters. The Morgan fingerprint density at radius 2 is 1.83 bits per heavy atom. The fourth-order valence-corrected chi connectivity index (χ4v) is 2.66. The normalized spacial score (nSPS) is 15.1. The maximum Gasteiger partial charge on any atom is 0.255 e. The monoisotopic (exact) mass is 336 g/mol. The Labute approximate surface area is 141 Å². The van der Waals surface area contributed by atoms with Gasteiger partial charge in [0.15, 0.2) is 0 Å². The molecule has 1 aliphatic rings. The van der Waals surface area contributed by atoms with E-state index in [0.717, 1.165) is 43.6 Å². The van der Waals surface area contributed by atoms with Crippen LogP contribution in [0.5, 0.6) is 5.75 Å². The Kier molecular flexibility index (Phi) is 6.21. The van der Waals surface area contributed by atoms with Gasteiger partial charge in [0.25, 0.3) is 5.91 Å². The van der Waals surface area contributed by atoms with Crippen LogP contribution in [0.2, 0.25) is 0 Å². The molecule has 1 heterocycles. The van der Waals surface area contributed by atoms with Crippen molar-refractivity contribution in [3.8, 4) is 5.75 Å². The third-order valence-corrected chi connectivity index (χ3v) is 3.93. The molecule has 2 aromatic carbocycles. The zero-order valence-corrected chi connectivity index (χ0v) is 13.6. The van der Waals surface area contributed by atoms with E-state index >= 15 is 0 Å². The van der Waals surface area contributed by atoms with Crippen LogP contribution >= 0.6 is 12.4 Å². The summed E-state index contributed by atoms with van der Waals surface area (Å²) in [6, 6.07) is 11.0. The van der Waals surface area contributed by atoms with Crippen molar-refractivity contribution >= 4 is 29.1 Å². The predicted molar refractivity (Wildman–Crippen MR) is 92.5 cm³/mol. The number of aromatic hydroxyl groups is 1. The first-order chi connectivity index (χ1) is 10.7. The van der Waals surface area contributed by atoms with Crippen LogP contribution in [-0.4, -0.2) is 55.3 Å². The van der Waals surface area contributed by atoms with E-state index in [1.165, 1.54) is 0 Å². The second kappa shape index (κ2) is 8.15. The first-order valence-corrected chi connectivity index (χ1v) is 7.54. The lowest BCUT2D eigenvalue weighted by Crippen LogP contribution is -2.41. The zero-order chi connectivity index (χ0) is 15.4. The van der Waals surface area contributed by atoms with Crippen molar-refractivity contribution in [2.45, 2.75) is 0 Å². The molecule has 124 valence electrons. The third-order valence-electron chi connectivity index (χ3n) is 3.93. The number of nitrogens with one attached hydrogen (secondary N) is 1. The van der Waals surface area contributed by atoms with Crippen molar-refractivity contribution in [2.75, 3.05) is 39.4 Å². The molecule has 23 heavy (non-hydrogen) atoms. The van der Waals surface area contributed by atoms with Crippen LogP contribution in [0.1, 0.15) is 10.4 Å². The highest BCUT2D eigenvalue weighted by molar-refractivity contribution is 6.01. The van der Waals surface area contributed by atoms with Crippen molar-refractivity contribution in [2.24, 2.45) is 0 Å². The average molecular weight is 337 g/mol. The molecule has 1 fully saturated rings. The van der Waals surface area contributed by atoms with Gasteiger partial charge in [-0.3, -0.25) is 9.69 Å². The van der Waals surface area contributed by atoms with Crippen molar-refractivity contribution in [1.82, 2.24) is 10.2 Å². The van der Waals surface area contributed by atoms with Crippen LogP contribution in [0, 0.1) is 0 Å². The largest absolute Gasteiger partial charge is 0.507 e. The van der Waals surface area contributed by atoms with Gasteiger partial charge in [-0.25, -0.2) is 0 Å². The molecule has 1 saturated heterocycles. The van der Waals surface area contributed by atoms with Crippen molar-refractivity contribution in [3.63, 3.8) is 0 Å². The number of hydrogen-bond acceptors (Lipinski definition) is 4. The van der Waals surface area contributed by atoms with Crippen LogP contribution in [0.25, 0.3) is 10.8 Å². The number of morpholine rings is 1. The molecule has 0 bridgehead atoms. The summed E-state index contributed by atoms with van der Waals surface area (Å²) in [5, 5.41) is 14.8. The summed E-state index contributed by atoms with van der Waals surface area (Å²) in [6.07, 6.45) is 0. The van der Waals surface area contributed by atoms with Gasteiger partial charge in [0.1, 0.15) is 5.75 Å². The lowest BCUT2D eigenvalue weighted by Gasteiger charge is -2.26. The first-order valence-electron chi connectivity index (χ1n) is 7.54. The number of halogens is 1. The second-order valence-corrected chi connectivity index (χ2v) is 5.43. The topological polar surface area (TPSA) is 61.8 Å². The minimum absolute atomic E-state index is 0. The molecule has 0 unspecified atom stereocenters. The molecule has 0 aliphatic carbocycles. The molecule has 0 saturated carbocycles. The standard InChI is InChI=1S/C17H20N2O3.ClH/c20-16-12-14-4-2-1-3-13(14)11-15(16)17(21)18-5-6-19-7-9-22-10-8-19;/h1-4,11-12,20H,5-10H2,(H,18,21);1H. The highest BCUT2D eigenvalue weighted by Gasteiger charge is 2.14. The van der Waals surface area contributed by atoms with Crippen LogP contribution in [-0.2, 0) is 4.74 Å². The molecule has 2 N–H and O–H groups in total. The minimum atomic E-state index is -0.239. The molecular weight excluding hydrogens is 316 g/mol. The number of carbonyl (C=O) groups is 1. The van der Waals surface area contributed by atoms with E-state index in [0.29, 0.717) is 12.1 Å². The summed E-state index contributed by atoms with van der Waals surface area (Å²) in [6.45, 7) is 4.65. The van der Waals surface area contributed by atoms with Gasteiger partial charge in [-0.1, -0.05) is 24.3 Å². The fraction of sp³-hybridized carbons (Fsp3) is 0.353. The smallest absolute Gasteiger partial charge is 0.255 e. The summed E-state index contributed by atoms with van der Waals surface area (Å²) >= 11 is 0. The SMILES string of the molecule is Cl.O=C(NCCN1CCOCC1)c1cc2ccccc2cc1O. The number of benzene rings is 2. The highest BCUT2D eigenvalue weighted by atomic mass is 35.5. The quantitative estimate of drug-likeness (QED) is 0.897. The second-order valence-electron chi connectivity index (χ2n) is 5.43. The maximum atomic E-state index is 12.2. The van der Waals surface area contributed by atoms with Crippen LogP contribution in [0.3, 0.4) is 0 Å². The predicted octanol–water partition coefficient (Wildman–Crippen LogP) is 2.03. The Hall–Kier alpha value is -1.82. The molecule has 6 heteroatoms. The van der Waals surface area contributed by atoms with Gasteiger partial charge in [0, 0.05) is 26.2 Å². The van der Waals surface area contributed by atoms with Crippen LogP contribution < -0.4 is 5.32 Å². The highest BCUT2D eigenvalue weighted by Crippen LogP contribution is 2.24. The number of hydrogen-bond donors (Lipinski definition) is 2. The molecule has 3 rings (SSSR count). The summed E-state index contributed by atoms with van der Waals surface area (Å²) in [5.74, 6) is -0.223. The number of phenols is 1. The number of carbonyl (C=O) groups excluding carboxylic acids is 1. The van der Waals surface area contributed by atoms with Gasteiger partial charge in [-0.15, -0.1) is 12.4 Å². The van der Waals surface area contributed by atoms with Gasteiger partial charge in [-0.05, 0) is 22.9 Å². The summed E-state index contributed by atoms with van der Waals surface area (Å²) < 4.78 is 5.29. The lowest BCUT2D eigenvalue weighted by molar-refractivity contribution is 0.0383. The zero-order valence-electron chi connectivity index (χ0n) is 12.8. The molecule has 0 radical (unpaired) electrons. The third kappa shape index (κ3) is 4.34. The number of nitrogens with zero attached hydrogens (tertiary/aromatic N) is 1. The van der Waals surface area contributed by atoms with E-state index in [4.69, 9.17) is 4.74 Å². The van der Waals surface area contributed by atoms with E-state index in [2.05, 4.69) is 10.2 Å². The van der Waals surface area contributed by atoms with E-state index < -0.39 is 0 Å². The molecule has 1 aliphatic heterocycles. The summed E-state index contributed by atoms with van der Waals surface area (Å²) in [5.41, 5.74) is 0.320. The molecule has 2 aromatic rings. The molecule has 5 nitrogen and oxygen atoms in total. The molecule has 0 aromatic heterocycles. The minimum Gasteiger partial charge on any atom is -0.507 e. The Bertz CT molecular complexity index is 672. The first kappa shape index (κ1) is 17.5. The fourth-order valence-electron chi connectivity index (χ4n) is 2.66. The summed E-state index contributed by atoms with van der Waals surface area (Å²) in [7, 11) is 0. The van der Waals surface area contributed by atoms with Gasteiger partial charge < -0.3 is 15.2 Å². The van der Waals surface area contributed by atoms with E-state index in [1.807, 2.05) is 24.3 Å². The molecule has 1 amide bonds. The van der Waals surface area contributed by atoms with E-state index in [9.17, 15) is 9.90 Å². The maximum absolute atomic E-state index is 12.2. The number of amides is 1. The van der Waals surface area contributed by atoms with Gasteiger partial charge in [0.2, 0.25) is 0 Å². The Balaban J connectivity index is 0.00000192. The summed E-state index contributed by atoms with van der Waals surface area (Å²) in [4.78, 5) is 14.5. The number of fused-ring (bicyclic) bond motifs is 1. The van der Waals surface area contributed by atoms with Crippen LogP contribution in [0.4, 0.5) is 0 Å². The van der Waals surface area contributed by atoms with Gasteiger partial charge >= 0.3 is 0 Å². The van der Waals surface area contributed by atoms with Crippen LogP contribution in [0.15, 0.2) is 36.4 Å². The number of rotatable bonds is 4. The van der Waals surface area contributed by atoms with E-state index in [-0.39, 0.29) is 24.1 Å². The number of ether oxygens (including phenoxy) is 1. The Morgan fingerprint density at radius 1 is 1.17 bits per heavy atom. The van der Waals surface area contributed by atoms with E-state index in [1.54, 1.807) is 12.1 Å².